The highest BCUT2D eigenvalue weighted by molar-refractivity contribution is 6.12. The van der Waals surface area contributed by atoms with Crippen LogP contribution in [0.1, 0.15) is 12.8 Å². The van der Waals surface area contributed by atoms with Crippen molar-refractivity contribution in [2.24, 2.45) is 11.5 Å². The first kappa shape index (κ1) is 16.6. The first-order valence-electron chi connectivity index (χ1n) is 5.42. The molecule has 1 rings (SSSR count). The standard InChI is InChI=1S/C6H14N4O2.C4H3NO2/c7-4(5(11)12)2-1-3-10-6(8)9;6-3-1-2-4(7)5-3/h4H,1-3,7H2,(H,11,12)(H4,8,9,10);1-2H,(H,5,6,7). The Balaban J connectivity index is 0.000000388. The number of carbonyl (C=O) groups excluding carboxylic acids is 2. The molecule has 1 aliphatic rings. The summed E-state index contributed by atoms with van der Waals surface area (Å²) in [6.07, 6.45) is 3.37. The van der Waals surface area contributed by atoms with Crippen molar-refractivity contribution in [2.75, 3.05) is 6.54 Å². The highest BCUT2D eigenvalue weighted by atomic mass is 16.4. The van der Waals surface area contributed by atoms with Crippen molar-refractivity contribution >= 4 is 23.7 Å². The van der Waals surface area contributed by atoms with E-state index in [0.717, 1.165) is 0 Å². The Morgan fingerprint density at radius 2 is 1.95 bits per heavy atom. The van der Waals surface area contributed by atoms with Crippen LogP contribution in [0, 0.1) is 5.41 Å². The average Bonchev–Trinajstić information content (AvgIpc) is 2.68. The van der Waals surface area contributed by atoms with E-state index in [1.807, 2.05) is 5.32 Å². The van der Waals surface area contributed by atoms with Gasteiger partial charge in [0.25, 0.3) is 11.8 Å². The largest absolute Gasteiger partial charge is 0.480 e. The van der Waals surface area contributed by atoms with Crippen molar-refractivity contribution in [3.63, 3.8) is 0 Å². The van der Waals surface area contributed by atoms with Crippen LogP contribution in [0.3, 0.4) is 0 Å². The predicted molar refractivity (Wildman–Crippen MR) is 67.1 cm³/mol. The molecule has 19 heavy (non-hydrogen) atoms. The number of hydrogen-bond acceptors (Lipinski definition) is 5. The molecule has 1 unspecified atom stereocenters. The van der Waals surface area contributed by atoms with Crippen molar-refractivity contribution in [3.05, 3.63) is 12.2 Å². The molecule has 0 aromatic rings. The topological polar surface area (TPSA) is 171 Å². The fourth-order valence-electron chi connectivity index (χ4n) is 1.02. The van der Waals surface area contributed by atoms with Crippen LogP contribution in [0.5, 0.6) is 0 Å². The van der Waals surface area contributed by atoms with E-state index in [9.17, 15) is 14.4 Å². The second-order valence-corrected chi connectivity index (χ2v) is 3.61. The molecule has 8 N–H and O–H groups in total. The lowest BCUT2D eigenvalue weighted by Gasteiger charge is -2.06. The molecule has 0 aromatic heterocycles. The van der Waals surface area contributed by atoms with E-state index < -0.39 is 12.0 Å². The molecule has 1 aliphatic heterocycles. The summed E-state index contributed by atoms with van der Waals surface area (Å²) in [5.41, 5.74) is 10.2. The normalized spacial score (nSPS) is 14.2. The highest BCUT2D eigenvalue weighted by Gasteiger charge is 2.09. The van der Waals surface area contributed by atoms with E-state index in [1.54, 1.807) is 0 Å². The molecule has 9 nitrogen and oxygen atoms in total. The van der Waals surface area contributed by atoms with Gasteiger partial charge in [-0.2, -0.15) is 0 Å². The van der Waals surface area contributed by atoms with Crippen LogP contribution in [-0.2, 0) is 14.4 Å². The van der Waals surface area contributed by atoms with E-state index in [-0.39, 0.29) is 17.8 Å². The summed E-state index contributed by atoms with van der Waals surface area (Å²) in [4.78, 5) is 30.3. The Morgan fingerprint density at radius 3 is 2.26 bits per heavy atom. The number of carboxylic acid groups (broad SMARTS) is 1. The molecule has 1 atom stereocenters. The predicted octanol–water partition coefficient (Wildman–Crippen LogP) is -2.14. The van der Waals surface area contributed by atoms with Crippen LogP contribution < -0.4 is 22.1 Å². The quantitative estimate of drug-likeness (QED) is 0.143. The van der Waals surface area contributed by atoms with Crippen LogP contribution in [0.25, 0.3) is 0 Å². The molecule has 2 amide bonds. The Morgan fingerprint density at radius 1 is 1.42 bits per heavy atom. The minimum atomic E-state index is -1.00. The second kappa shape index (κ2) is 8.64. The van der Waals surface area contributed by atoms with E-state index in [2.05, 4.69) is 5.32 Å². The molecule has 0 fully saturated rings. The molecule has 1 heterocycles. The van der Waals surface area contributed by atoms with Crippen molar-refractivity contribution in [1.82, 2.24) is 10.6 Å². The Labute approximate surface area is 109 Å². The first-order chi connectivity index (χ1) is 8.82. The first-order valence-corrected chi connectivity index (χ1v) is 5.42. The summed E-state index contributed by atoms with van der Waals surface area (Å²) in [5, 5.41) is 19.7. The molecule has 0 bridgehead atoms. The third-order valence-corrected chi connectivity index (χ3v) is 1.96. The van der Waals surface area contributed by atoms with Gasteiger partial charge in [0, 0.05) is 18.7 Å². The number of rotatable bonds is 5. The van der Waals surface area contributed by atoms with Crippen molar-refractivity contribution in [2.45, 2.75) is 18.9 Å². The fraction of sp³-hybridized carbons (Fsp3) is 0.400. The third kappa shape index (κ3) is 9.30. The van der Waals surface area contributed by atoms with Gasteiger partial charge in [0.2, 0.25) is 0 Å². The van der Waals surface area contributed by atoms with Crippen LogP contribution >= 0.6 is 0 Å². The molecular formula is C10H17N5O4. The van der Waals surface area contributed by atoms with Gasteiger partial charge in [-0.05, 0) is 12.8 Å². The van der Waals surface area contributed by atoms with E-state index >= 15 is 0 Å². The monoisotopic (exact) mass is 271 g/mol. The van der Waals surface area contributed by atoms with Gasteiger partial charge >= 0.3 is 5.97 Å². The molecule has 0 aromatic carbocycles. The van der Waals surface area contributed by atoms with Crippen LogP contribution in [0.4, 0.5) is 0 Å². The molecule has 0 radical (unpaired) electrons. The smallest absolute Gasteiger partial charge is 0.320 e. The number of amides is 2. The highest BCUT2D eigenvalue weighted by Crippen LogP contribution is 1.92. The number of nitrogens with one attached hydrogen (secondary N) is 3. The SMILES string of the molecule is N=C(N)NCCCC(N)C(=O)O.O=C1C=CC(=O)N1. The summed E-state index contributed by atoms with van der Waals surface area (Å²) >= 11 is 0. The lowest BCUT2D eigenvalue weighted by atomic mass is 10.2. The zero-order valence-electron chi connectivity index (χ0n) is 10.2. The summed E-state index contributed by atoms with van der Waals surface area (Å²) in [6, 6.07) is -0.821. The number of imide groups is 1. The number of hydrogen-bond donors (Lipinski definition) is 6. The van der Waals surface area contributed by atoms with Crippen molar-refractivity contribution < 1.29 is 19.5 Å². The van der Waals surface area contributed by atoms with E-state index in [4.69, 9.17) is 22.0 Å². The van der Waals surface area contributed by atoms with Crippen LogP contribution in [0.2, 0.25) is 0 Å². The maximum atomic E-state index is 10.2. The molecule has 9 heteroatoms. The maximum absolute atomic E-state index is 10.2. The zero-order valence-corrected chi connectivity index (χ0v) is 10.2. The number of carbonyl (C=O) groups is 3. The molecular weight excluding hydrogens is 254 g/mol. The molecule has 0 saturated heterocycles. The van der Waals surface area contributed by atoms with Gasteiger partial charge in [0.05, 0.1) is 0 Å². The number of aliphatic carboxylic acids is 1. The molecule has 0 saturated carbocycles. The van der Waals surface area contributed by atoms with Crippen molar-refractivity contribution in [1.29, 1.82) is 5.41 Å². The van der Waals surface area contributed by atoms with Gasteiger partial charge < -0.3 is 21.9 Å². The number of carboxylic acids is 1. The summed E-state index contributed by atoms with van der Waals surface area (Å²) in [7, 11) is 0. The lowest BCUT2D eigenvalue weighted by Crippen LogP contribution is -2.34. The minimum Gasteiger partial charge on any atom is -0.480 e. The Bertz CT molecular complexity index is 377. The van der Waals surface area contributed by atoms with E-state index in [0.29, 0.717) is 19.4 Å². The summed E-state index contributed by atoms with van der Waals surface area (Å²) in [5.74, 6) is -1.77. The third-order valence-electron chi connectivity index (χ3n) is 1.96. The summed E-state index contributed by atoms with van der Waals surface area (Å²) < 4.78 is 0. The fourth-order valence-corrected chi connectivity index (χ4v) is 1.02. The van der Waals surface area contributed by atoms with Gasteiger partial charge in [-0.3, -0.25) is 25.1 Å². The minimum absolute atomic E-state index is 0.112. The maximum Gasteiger partial charge on any atom is 0.320 e. The molecule has 106 valence electrons. The Kier molecular flexibility index (Phi) is 7.54. The van der Waals surface area contributed by atoms with Gasteiger partial charge in [0.15, 0.2) is 5.96 Å². The zero-order chi connectivity index (χ0) is 14.8. The molecule has 0 spiro atoms. The lowest BCUT2D eigenvalue weighted by molar-refractivity contribution is -0.138. The van der Waals surface area contributed by atoms with E-state index in [1.165, 1.54) is 12.2 Å². The van der Waals surface area contributed by atoms with Gasteiger partial charge in [-0.1, -0.05) is 0 Å². The van der Waals surface area contributed by atoms with Gasteiger partial charge in [-0.25, -0.2) is 0 Å². The number of guanidine groups is 1. The average molecular weight is 271 g/mol. The summed E-state index contributed by atoms with van der Waals surface area (Å²) in [6.45, 7) is 0.482. The van der Waals surface area contributed by atoms with Crippen LogP contribution in [0.15, 0.2) is 12.2 Å². The van der Waals surface area contributed by atoms with Gasteiger partial charge in [0.1, 0.15) is 6.04 Å². The van der Waals surface area contributed by atoms with Crippen LogP contribution in [-0.4, -0.2) is 41.4 Å². The van der Waals surface area contributed by atoms with Gasteiger partial charge in [-0.15, -0.1) is 0 Å². The number of nitrogens with two attached hydrogens (primary N) is 2. The molecule has 0 aliphatic carbocycles. The Hall–Kier alpha value is -2.42. The van der Waals surface area contributed by atoms with Crippen molar-refractivity contribution in [3.8, 4) is 0 Å². The second-order valence-electron chi connectivity index (χ2n) is 3.61.